The van der Waals surface area contributed by atoms with E-state index in [4.69, 9.17) is 0 Å². The smallest absolute Gasteiger partial charge is 0.0425 e. The maximum absolute atomic E-state index is 3.63. The van der Waals surface area contributed by atoms with Gasteiger partial charge >= 0.3 is 0 Å². The van der Waals surface area contributed by atoms with Crippen LogP contribution in [0.5, 0.6) is 0 Å². The van der Waals surface area contributed by atoms with Gasteiger partial charge in [-0.3, -0.25) is 0 Å². The number of hydrogen-bond acceptors (Lipinski definition) is 3. The average molecular weight is 259 g/mol. The third kappa shape index (κ3) is 2.63. The Bertz CT molecular complexity index is 426. The van der Waals surface area contributed by atoms with Crippen molar-refractivity contribution in [3.8, 4) is 0 Å². The second kappa shape index (κ2) is 5.51. The van der Waals surface area contributed by atoms with E-state index in [1.807, 2.05) is 0 Å². The van der Waals surface area contributed by atoms with Crippen LogP contribution in [0.1, 0.15) is 30.9 Å². The molecule has 0 spiro atoms. The minimum Gasteiger partial charge on any atom is -0.370 e. The first-order valence-electron chi connectivity index (χ1n) is 7.49. The summed E-state index contributed by atoms with van der Waals surface area (Å²) in [4.78, 5) is 4.93. The van der Waals surface area contributed by atoms with E-state index in [1.54, 1.807) is 0 Å². The Morgan fingerprint density at radius 2 is 2.11 bits per heavy atom. The van der Waals surface area contributed by atoms with Crippen molar-refractivity contribution in [3.63, 3.8) is 0 Å². The first kappa shape index (κ1) is 12.9. The Morgan fingerprint density at radius 3 is 2.79 bits per heavy atom. The largest absolute Gasteiger partial charge is 0.370 e. The summed E-state index contributed by atoms with van der Waals surface area (Å²) in [5.74, 6) is 0. The maximum Gasteiger partial charge on any atom is 0.0425 e. The van der Waals surface area contributed by atoms with Gasteiger partial charge in [0.15, 0.2) is 0 Å². The molecule has 2 aliphatic rings. The molecule has 0 aliphatic carbocycles. The van der Waals surface area contributed by atoms with Gasteiger partial charge in [0, 0.05) is 31.4 Å². The molecule has 0 aromatic heterocycles. The van der Waals surface area contributed by atoms with Crippen molar-refractivity contribution in [2.24, 2.45) is 0 Å². The summed E-state index contributed by atoms with van der Waals surface area (Å²) in [6.45, 7) is 3.57. The highest BCUT2D eigenvalue weighted by Gasteiger charge is 2.26. The highest BCUT2D eigenvalue weighted by Crippen LogP contribution is 2.32. The number of rotatable bonds is 3. The molecule has 1 aromatic rings. The van der Waals surface area contributed by atoms with Gasteiger partial charge in [0.1, 0.15) is 0 Å². The van der Waals surface area contributed by atoms with Gasteiger partial charge < -0.3 is 15.1 Å². The van der Waals surface area contributed by atoms with Gasteiger partial charge in [-0.1, -0.05) is 18.2 Å². The quantitative estimate of drug-likeness (QED) is 0.898. The van der Waals surface area contributed by atoms with Crippen molar-refractivity contribution in [2.75, 3.05) is 38.6 Å². The van der Waals surface area contributed by atoms with E-state index in [0.717, 1.165) is 6.54 Å². The van der Waals surface area contributed by atoms with E-state index in [1.165, 1.54) is 43.6 Å². The SMILES string of the molecule is CN1CCC(N(C)c2ccccc2[C@H]2CCCN2)C1. The number of anilines is 1. The van der Waals surface area contributed by atoms with Crippen molar-refractivity contribution < 1.29 is 0 Å². The number of likely N-dealkylation sites (N-methyl/N-ethyl adjacent to an activating group) is 2. The maximum atomic E-state index is 3.63. The minimum absolute atomic E-state index is 0.554. The first-order chi connectivity index (χ1) is 9.25. The third-order valence-corrected chi connectivity index (χ3v) is 4.67. The topological polar surface area (TPSA) is 18.5 Å². The van der Waals surface area contributed by atoms with E-state index in [9.17, 15) is 0 Å². The molecule has 2 aliphatic heterocycles. The van der Waals surface area contributed by atoms with E-state index in [0.29, 0.717) is 12.1 Å². The zero-order chi connectivity index (χ0) is 13.2. The molecular weight excluding hydrogens is 234 g/mol. The lowest BCUT2D eigenvalue weighted by Gasteiger charge is -2.30. The fraction of sp³-hybridized carbons (Fsp3) is 0.625. The second-order valence-electron chi connectivity index (χ2n) is 6.02. The van der Waals surface area contributed by atoms with Crippen LogP contribution >= 0.6 is 0 Å². The lowest BCUT2D eigenvalue weighted by molar-refractivity contribution is 0.409. The van der Waals surface area contributed by atoms with Gasteiger partial charge in [0.25, 0.3) is 0 Å². The van der Waals surface area contributed by atoms with Gasteiger partial charge in [-0.2, -0.15) is 0 Å². The van der Waals surface area contributed by atoms with Crippen LogP contribution in [0.25, 0.3) is 0 Å². The van der Waals surface area contributed by atoms with Crippen LogP contribution in [0.3, 0.4) is 0 Å². The molecular formula is C16H25N3. The Balaban J connectivity index is 1.83. The fourth-order valence-corrected chi connectivity index (χ4v) is 3.48. The first-order valence-corrected chi connectivity index (χ1v) is 7.49. The van der Waals surface area contributed by atoms with Crippen LogP contribution in [-0.4, -0.2) is 44.7 Å². The average Bonchev–Trinajstić information content (AvgIpc) is 3.09. The Kier molecular flexibility index (Phi) is 3.76. The van der Waals surface area contributed by atoms with Gasteiger partial charge in [-0.25, -0.2) is 0 Å². The van der Waals surface area contributed by atoms with Crippen LogP contribution in [0, 0.1) is 0 Å². The molecule has 1 N–H and O–H groups in total. The minimum atomic E-state index is 0.554. The number of nitrogens with one attached hydrogen (secondary N) is 1. The fourth-order valence-electron chi connectivity index (χ4n) is 3.48. The van der Waals surface area contributed by atoms with Gasteiger partial charge in [0.2, 0.25) is 0 Å². The van der Waals surface area contributed by atoms with Crippen molar-refractivity contribution in [3.05, 3.63) is 29.8 Å². The summed E-state index contributed by atoms with van der Waals surface area (Å²) >= 11 is 0. The molecule has 3 heteroatoms. The molecule has 19 heavy (non-hydrogen) atoms. The van der Waals surface area contributed by atoms with Crippen LogP contribution in [-0.2, 0) is 0 Å². The van der Waals surface area contributed by atoms with Crippen LogP contribution in [0.15, 0.2) is 24.3 Å². The summed E-state index contributed by atoms with van der Waals surface area (Å²) in [7, 11) is 4.48. The normalized spacial score (nSPS) is 27.9. The summed E-state index contributed by atoms with van der Waals surface area (Å²) in [6, 6.07) is 10.1. The number of nitrogens with zero attached hydrogens (tertiary/aromatic N) is 2. The molecule has 3 nitrogen and oxygen atoms in total. The molecule has 104 valence electrons. The zero-order valence-electron chi connectivity index (χ0n) is 12.1. The van der Waals surface area contributed by atoms with Crippen LogP contribution in [0.4, 0.5) is 5.69 Å². The molecule has 2 atom stereocenters. The standard InChI is InChI=1S/C16H25N3/c1-18-11-9-13(12-18)19(2)16-8-4-3-6-14(16)15-7-5-10-17-15/h3-4,6,8,13,15,17H,5,7,9-12H2,1-2H3/t13?,15-/m1/s1. The van der Waals surface area contributed by atoms with Gasteiger partial charge in [-0.15, -0.1) is 0 Å². The summed E-state index contributed by atoms with van der Waals surface area (Å²) in [5, 5.41) is 3.63. The lowest BCUT2D eigenvalue weighted by Crippen LogP contribution is -2.34. The Hall–Kier alpha value is -1.06. The van der Waals surface area contributed by atoms with Crippen molar-refractivity contribution in [1.29, 1.82) is 0 Å². The van der Waals surface area contributed by atoms with E-state index < -0.39 is 0 Å². The Morgan fingerprint density at radius 1 is 1.26 bits per heavy atom. The molecule has 0 radical (unpaired) electrons. The summed E-state index contributed by atoms with van der Waals surface area (Å²) in [6.07, 6.45) is 3.85. The molecule has 1 aromatic carbocycles. The predicted molar refractivity (Wildman–Crippen MR) is 80.7 cm³/mol. The highest BCUT2D eigenvalue weighted by molar-refractivity contribution is 5.55. The number of para-hydroxylation sites is 1. The molecule has 0 bridgehead atoms. The second-order valence-corrected chi connectivity index (χ2v) is 6.02. The third-order valence-electron chi connectivity index (χ3n) is 4.67. The highest BCUT2D eigenvalue weighted by atomic mass is 15.2. The molecule has 2 heterocycles. The van der Waals surface area contributed by atoms with Crippen molar-refractivity contribution in [2.45, 2.75) is 31.3 Å². The monoisotopic (exact) mass is 259 g/mol. The molecule has 0 amide bonds. The summed E-state index contributed by atoms with van der Waals surface area (Å²) < 4.78 is 0. The molecule has 2 fully saturated rings. The molecule has 0 saturated carbocycles. The Labute approximate surface area is 116 Å². The van der Waals surface area contributed by atoms with Crippen molar-refractivity contribution in [1.82, 2.24) is 10.2 Å². The van der Waals surface area contributed by atoms with Crippen LogP contribution < -0.4 is 10.2 Å². The van der Waals surface area contributed by atoms with Crippen molar-refractivity contribution >= 4 is 5.69 Å². The van der Waals surface area contributed by atoms with E-state index >= 15 is 0 Å². The van der Waals surface area contributed by atoms with Gasteiger partial charge in [-0.05, 0) is 51.0 Å². The molecule has 1 unspecified atom stereocenters. The number of likely N-dealkylation sites (tertiary alicyclic amines) is 1. The number of hydrogen-bond donors (Lipinski definition) is 1. The summed E-state index contributed by atoms with van der Waals surface area (Å²) in [5.41, 5.74) is 2.90. The van der Waals surface area contributed by atoms with Crippen LogP contribution in [0.2, 0.25) is 0 Å². The predicted octanol–water partition coefficient (Wildman–Crippen LogP) is 2.25. The lowest BCUT2D eigenvalue weighted by atomic mass is 10.0. The van der Waals surface area contributed by atoms with E-state index in [-0.39, 0.29) is 0 Å². The molecule has 3 rings (SSSR count). The van der Waals surface area contributed by atoms with E-state index in [2.05, 4.69) is 53.5 Å². The number of benzene rings is 1. The zero-order valence-corrected chi connectivity index (χ0v) is 12.1. The molecule has 2 saturated heterocycles. The van der Waals surface area contributed by atoms with Gasteiger partial charge in [0.05, 0.1) is 0 Å².